The summed E-state index contributed by atoms with van der Waals surface area (Å²) in [6, 6.07) is 24.4. The quantitative estimate of drug-likeness (QED) is 0.305. The van der Waals surface area contributed by atoms with Crippen LogP contribution in [0.25, 0.3) is 10.9 Å². The van der Waals surface area contributed by atoms with Crippen molar-refractivity contribution in [3.8, 4) is 5.75 Å². The van der Waals surface area contributed by atoms with Crippen molar-refractivity contribution in [2.24, 2.45) is 5.10 Å². The van der Waals surface area contributed by atoms with Crippen LogP contribution < -0.4 is 10.2 Å². The van der Waals surface area contributed by atoms with Crippen molar-refractivity contribution >= 4 is 28.7 Å². The van der Waals surface area contributed by atoms with Crippen LogP contribution in [0.3, 0.4) is 0 Å². The van der Waals surface area contributed by atoms with Crippen molar-refractivity contribution in [3.63, 3.8) is 0 Å². The van der Waals surface area contributed by atoms with Gasteiger partial charge in [-0.1, -0.05) is 60.1 Å². The van der Waals surface area contributed by atoms with Crippen LogP contribution in [0.2, 0.25) is 5.02 Å². The number of nitrogens with zero attached hydrogens (tertiary/aromatic N) is 2. The molecule has 4 rings (SSSR count). The van der Waals surface area contributed by atoms with E-state index in [1.54, 1.807) is 7.11 Å². The first-order valence-electron chi connectivity index (χ1n) is 9.87. The van der Waals surface area contributed by atoms with Gasteiger partial charge in [0.1, 0.15) is 5.75 Å². The van der Waals surface area contributed by atoms with Crippen molar-refractivity contribution in [3.05, 3.63) is 100 Å². The molecule has 0 unspecified atom stereocenters. The minimum atomic E-state index is 0.600. The second-order valence-electron chi connectivity index (χ2n) is 7.13. The number of fused-ring (bicyclic) bond motifs is 1. The summed E-state index contributed by atoms with van der Waals surface area (Å²) in [5.41, 5.74) is 8.91. The summed E-state index contributed by atoms with van der Waals surface area (Å²) in [6.07, 6.45) is 1.91. The molecule has 0 saturated heterocycles. The van der Waals surface area contributed by atoms with Gasteiger partial charge in [-0.15, -0.1) is 0 Å². The van der Waals surface area contributed by atoms with Crippen LogP contribution >= 0.6 is 11.6 Å². The summed E-state index contributed by atoms with van der Waals surface area (Å²) >= 11 is 6.04. The number of rotatable bonds is 7. The molecule has 1 heterocycles. The van der Waals surface area contributed by atoms with E-state index in [-0.39, 0.29) is 0 Å². The van der Waals surface area contributed by atoms with E-state index >= 15 is 0 Å². The maximum Gasteiger partial charge on any atom is 0.123 e. The summed E-state index contributed by atoms with van der Waals surface area (Å²) in [6.45, 7) is 3.52. The normalized spacial score (nSPS) is 11.3. The maximum absolute atomic E-state index is 6.04. The summed E-state index contributed by atoms with van der Waals surface area (Å²) in [4.78, 5) is 0. The van der Waals surface area contributed by atoms with Crippen LogP contribution in [0.1, 0.15) is 22.4 Å². The number of hydrazone groups is 1. The van der Waals surface area contributed by atoms with Crippen molar-refractivity contribution in [1.29, 1.82) is 0 Å². The molecule has 30 heavy (non-hydrogen) atoms. The Balaban J connectivity index is 1.59. The molecule has 0 radical (unpaired) electrons. The van der Waals surface area contributed by atoms with Crippen molar-refractivity contribution in [2.75, 3.05) is 7.11 Å². The predicted molar refractivity (Wildman–Crippen MR) is 125 cm³/mol. The number of halogens is 1. The molecule has 0 bridgehead atoms. The molecule has 0 fully saturated rings. The van der Waals surface area contributed by atoms with Gasteiger partial charge in [-0.2, -0.15) is 5.10 Å². The number of aromatic nitrogens is 1. The topological polar surface area (TPSA) is 38.5 Å². The molecule has 0 aliphatic heterocycles. The summed E-state index contributed by atoms with van der Waals surface area (Å²) in [7, 11) is 1.68. The molecule has 0 spiro atoms. The average Bonchev–Trinajstić information content (AvgIpc) is 3.04. The summed E-state index contributed by atoms with van der Waals surface area (Å²) in [5, 5.41) is 6.43. The number of hydrogen-bond donors (Lipinski definition) is 1. The van der Waals surface area contributed by atoms with E-state index in [4.69, 9.17) is 16.3 Å². The predicted octanol–water partition coefficient (Wildman–Crippen LogP) is 5.78. The van der Waals surface area contributed by atoms with Crippen LogP contribution in [0, 0.1) is 6.92 Å². The number of ether oxygens (including phenoxy) is 1. The zero-order chi connectivity index (χ0) is 20.9. The lowest BCUT2D eigenvalue weighted by Crippen LogP contribution is -2.07. The SMILES string of the molecule is COc1ccccc1CN/N=C/c1c(C)n(Cc2ccc(Cl)cc2)c2ccccc12. The number of nitrogens with one attached hydrogen (secondary N) is 1. The van der Waals surface area contributed by atoms with Gasteiger partial charge in [0.2, 0.25) is 0 Å². The highest BCUT2D eigenvalue weighted by atomic mass is 35.5. The smallest absolute Gasteiger partial charge is 0.123 e. The van der Waals surface area contributed by atoms with Gasteiger partial charge in [0.05, 0.1) is 19.9 Å². The molecule has 1 N–H and O–H groups in total. The first-order valence-corrected chi connectivity index (χ1v) is 10.2. The number of para-hydroxylation sites is 2. The highest BCUT2D eigenvalue weighted by Gasteiger charge is 2.12. The Labute approximate surface area is 181 Å². The Morgan fingerprint density at radius 2 is 1.73 bits per heavy atom. The third kappa shape index (κ3) is 4.19. The molecule has 4 nitrogen and oxygen atoms in total. The van der Waals surface area contributed by atoms with Crippen LogP contribution in [0.15, 0.2) is 77.9 Å². The van der Waals surface area contributed by atoms with Crippen molar-refractivity contribution in [1.82, 2.24) is 9.99 Å². The second kappa shape index (κ2) is 9.06. The van der Waals surface area contributed by atoms with Gasteiger partial charge in [-0.3, -0.25) is 0 Å². The van der Waals surface area contributed by atoms with Gasteiger partial charge < -0.3 is 14.7 Å². The molecule has 0 atom stereocenters. The van der Waals surface area contributed by atoms with Crippen LogP contribution in [0.5, 0.6) is 5.75 Å². The van der Waals surface area contributed by atoms with Crippen molar-refractivity contribution in [2.45, 2.75) is 20.0 Å². The Kier molecular flexibility index (Phi) is 6.05. The average molecular weight is 418 g/mol. The third-order valence-electron chi connectivity index (χ3n) is 5.28. The minimum Gasteiger partial charge on any atom is -0.496 e. The fraction of sp³-hybridized carbons (Fsp3) is 0.160. The van der Waals surface area contributed by atoms with Crippen LogP contribution in [0.4, 0.5) is 0 Å². The van der Waals surface area contributed by atoms with E-state index in [1.165, 1.54) is 22.2 Å². The van der Waals surface area contributed by atoms with E-state index in [0.717, 1.165) is 28.4 Å². The maximum atomic E-state index is 6.04. The molecule has 4 aromatic rings. The Bertz CT molecular complexity index is 1180. The molecular formula is C25H24ClN3O. The number of methoxy groups -OCH3 is 1. The lowest BCUT2D eigenvalue weighted by molar-refractivity contribution is 0.408. The van der Waals surface area contributed by atoms with E-state index in [9.17, 15) is 0 Å². The summed E-state index contributed by atoms with van der Waals surface area (Å²) in [5.74, 6) is 0.857. The molecule has 0 aliphatic rings. The highest BCUT2D eigenvalue weighted by molar-refractivity contribution is 6.30. The Morgan fingerprint density at radius 1 is 1.00 bits per heavy atom. The zero-order valence-corrected chi connectivity index (χ0v) is 17.9. The molecule has 0 aliphatic carbocycles. The third-order valence-corrected chi connectivity index (χ3v) is 5.53. The Hall–Kier alpha value is -3.24. The fourth-order valence-corrected chi connectivity index (χ4v) is 3.81. The van der Waals surface area contributed by atoms with Crippen molar-refractivity contribution < 1.29 is 4.74 Å². The van der Waals surface area contributed by atoms with E-state index in [1.807, 2.05) is 42.6 Å². The minimum absolute atomic E-state index is 0.600. The van der Waals surface area contributed by atoms with Gasteiger partial charge >= 0.3 is 0 Å². The van der Waals surface area contributed by atoms with Gasteiger partial charge in [0, 0.05) is 39.3 Å². The standard InChI is InChI=1S/C25H24ClN3O/c1-18-23(16-28-27-15-20-7-3-6-10-25(20)30-2)22-8-4-5-9-24(22)29(18)17-19-11-13-21(26)14-12-19/h3-14,16,27H,15,17H2,1-2H3/b28-16+. The molecule has 0 saturated carbocycles. The highest BCUT2D eigenvalue weighted by Crippen LogP contribution is 2.26. The zero-order valence-electron chi connectivity index (χ0n) is 17.1. The molecule has 3 aromatic carbocycles. The van der Waals surface area contributed by atoms with E-state index < -0.39 is 0 Å². The molecule has 5 heteroatoms. The van der Waals surface area contributed by atoms with Gasteiger partial charge in [0.25, 0.3) is 0 Å². The monoisotopic (exact) mass is 417 g/mol. The molecule has 152 valence electrons. The van der Waals surface area contributed by atoms with E-state index in [2.05, 4.69) is 58.4 Å². The summed E-state index contributed by atoms with van der Waals surface area (Å²) < 4.78 is 7.72. The molecule has 0 amide bonds. The lowest BCUT2D eigenvalue weighted by Gasteiger charge is -2.09. The second-order valence-corrected chi connectivity index (χ2v) is 7.57. The first-order chi connectivity index (χ1) is 14.7. The number of hydrogen-bond acceptors (Lipinski definition) is 3. The lowest BCUT2D eigenvalue weighted by atomic mass is 10.1. The number of benzene rings is 3. The molecular weight excluding hydrogens is 394 g/mol. The van der Waals surface area contributed by atoms with Gasteiger partial charge in [0.15, 0.2) is 0 Å². The largest absolute Gasteiger partial charge is 0.496 e. The van der Waals surface area contributed by atoms with Gasteiger partial charge in [-0.25, -0.2) is 0 Å². The molecule has 1 aromatic heterocycles. The van der Waals surface area contributed by atoms with Crippen LogP contribution in [-0.2, 0) is 13.1 Å². The Morgan fingerprint density at radius 3 is 2.53 bits per heavy atom. The van der Waals surface area contributed by atoms with Crippen LogP contribution in [-0.4, -0.2) is 17.9 Å². The van der Waals surface area contributed by atoms with E-state index in [0.29, 0.717) is 6.54 Å². The van der Waals surface area contributed by atoms with Gasteiger partial charge in [-0.05, 0) is 36.8 Å². The first kappa shape index (κ1) is 20.0. The fourth-order valence-electron chi connectivity index (χ4n) is 3.69.